The number of fused-ring (bicyclic) bond motifs is 4. The Morgan fingerprint density at radius 3 is 2.57 bits per heavy atom. The average Bonchev–Trinajstić information content (AvgIpc) is 3.76. The van der Waals surface area contributed by atoms with E-state index in [-0.39, 0.29) is 0 Å². The monoisotopic (exact) mass is 630 g/mol. The number of rotatable bonds is 7. The van der Waals surface area contributed by atoms with Crippen LogP contribution in [0.4, 0.5) is 5.69 Å². The first-order chi connectivity index (χ1) is 22.5. The van der Waals surface area contributed by atoms with Gasteiger partial charge in [-0.2, -0.15) is 4.52 Å². The molecule has 228 valence electrons. The van der Waals surface area contributed by atoms with E-state index in [2.05, 4.69) is 25.8 Å². The van der Waals surface area contributed by atoms with Crippen LogP contribution in [0.5, 0.6) is 11.5 Å². The third kappa shape index (κ3) is 4.77. The van der Waals surface area contributed by atoms with Crippen molar-refractivity contribution in [2.24, 2.45) is 7.05 Å². The molecule has 0 saturated carbocycles. The predicted molar refractivity (Wildman–Crippen MR) is 173 cm³/mol. The van der Waals surface area contributed by atoms with Gasteiger partial charge in [-0.3, -0.25) is 0 Å². The number of hydrogen-bond acceptors (Lipinski definition) is 9. The van der Waals surface area contributed by atoms with Crippen molar-refractivity contribution in [1.82, 2.24) is 34.6 Å². The van der Waals surface area contributed by atoms with Crippen LogP contribution in [0.3, 0.4) is 0 Å². The summed E-state index contributed by atoms with van der Waals surface area (Å²) in [4.78, 5) is 9.12. The standard InChI is InChI=1S/C34H27ClN8O3/c1-42-20-36-19-31(42)34(44,23-7-5-21(6-8-23)18-37-26-10-12-29-30(17-26)46-14-13-45-29)24-9-11-28-27(16-24)32(22-3-2-4-25(35)15-22)38-33-39-40-41-43(28)33/h2-12,15-17,19-20,37,44H,13-14,18H2,1H3. The summed E-state index contributed by atoms with van der Waals surface area (Å²) >= 11 is 6.37. The Balaban J connectivity index is 1.19. The molecule has 0 amide bonds. The van der Waals surface area contributed by atoms with Gasteiger partial charge in [0.25, 0.3) is 5.78 Å². The molecule has 0 fully saturated rings. The van der Waals surface area contributed by atoms with Gasteiger partial charge in [0.1, 0.15) is 13.2 Å². The highest BCUT2D eigenvalue weighted by atomic mass is 35.5. The van der Waals surface area contributed by atoms with E-state index < -0.39 is 5.60 Å². The number of halogens is 1. The Hall–Kier alpha value is -5.52. The van der Waals surface area contributed by atoms with Gasteiger partial charge in [0.15, 0.2) is 17.1 Å². The zero-order valence-corrected chi connectivity index (χ0v) is 25.4. The lowest BCUT2D eigenvalue weighted by molar-refractivity contribution is 0.117. The number of aryl methyl sites for hydroxylation is 1. The topological polar surface area (TPSA) is 125 Å². The number of benzene rings is 4. The number of aliphatic hydroxyl groups is 1. The van der Waals surface area contributed by atoms with E-state index in [0.29, 0.717) is 53.1 Å². The molecular weight excluding hydrogens is 604 g/mol. The number of aromatic nitrogens is 7. The molecule has 3 aromatic heterocycles. The summed E-state index contributed by atoms with van der Waals surface area (Å²) < 4.78 is 14.8. The number of tetrazole rings is 1. The Labute approximate surface area is 268 Å². The highest BCUT2D eigenvalue weighted by Crippen LogP contribution is 2.40. The minimum Gasteiger partial charge on any atom is -0.486 e. The van der Waals surface area contributed by atoms with Crippen molar-refractivity contribution in [2.75, 3.05) is 18.5 Å². The van der Waals surface area contributed by atoms with E-state index in [1.807, 2.05) is 96.5 Å². The fourth-order valence-electron chi connectivity index (χ4n) is 5.95. The molecule has 1 unspecified atom stereocenters. The van der Waals surface area contributed by atoms with Crippen molar-refractivity contribution in [3.05, 3.63) is 125 Å². The molecule has 11 nitrogen and oxygen atoms in total. The highest BCUT2D eigenvalue weighted by Gasteiger charge is 2.37. The Morgan fingerprint density at radius 1 is 0.935 bits per heavy atom. The molecule has 0 saturated heterocycles. The van der Waals surface area contributed by atoms with Gasteiger partial charge >= 0.3 is 0 Å². The van der Waals surface area contributed by atoms with E-state index >= 15 is 0 Å². The smallest absolute Gasteiger partial charge is 0.274 e. The van der Waals surface area contributed by atoms with Gasteiger partial charge in [0.05, 0.1) is 29.4 Å². The molecule has 0 spiro atoms. The van der Waals surface area contributed by atoms with E-state index in [1.54, 1.807) is 17.0 Å². The molecule has 7 aromatic rings. The molecule has 4 heterocycles. The molecule has 12 heteroatoms. The number of nitrogens with one attached hydrogen (secondary N) is 1. The van der Waals surface area contributed by atoms with Crippen LogP contribution < -0.4 is 14.8 Å². The molecule has 0 bridgehead atoms. The summed E-state index contributed by atoms with van der Waals surface area (Å²) in [5.74, 6) is 1.84. The van der Waals surface area contributed by atoms with Crippen LogP contribution in [0, 0.1) is 0 Å². The number of nitrogens with zero attached hydrogens (tertiary/aromatic N) is 7. The average molecular weight is 631 g/mol. The zero-order chi connectivity index (χ0) is 31.3. The SMILES string of the molecule is Cn1cncc1C(O)(c1ccc(CNc2ccc3c(c2)OCCO3)cc1)c1ccc2c(c1)c(-c1cccc(Cl)c1)nc1nnnn12. The van der Waals surface area contributed by atoms with Crippen molar-refractivity contribution in [3.8, 4) is 22.8 Å². The van der Waals surface area contributed by atoms with Crippen LogP contribution >= 0.6 is 11.6 Å². The van der Waals surface area contributed by atoms with E-state index in [9.17, 15) is 5.11 Å². The minimum absolute atomic E-state index is 0.359. The lowest BCUT2D eigenvalue weighted by Gasteiger charge is -2.30. The van der Waals surface area contributed by atoms with Crippen LogP contribution in [0.25, 0.3) is 27.9 Å². The molecule has 1 aliphatic rings. The van der Waals surface area contributed by atoms with Gasteiger partial charge < -0.3 is 24.5 Å². The Bertz CT molecular complexity index is 2230. The zero-order valence-electron chi connectivity index (χ0n) is 24.6. The molecule has 4 aromatic carbocycles. The van der Waals surface area contributed by atoms with Crippen LogP contribution in [0.15, 0.2) is 97.5 Å². The summed E-state index contributed by atoms with van der Waals surface area (Å²) in [5, 5.41) is 29.6. The minimum atomic E-state index is -1.55. The first-order valence-electron chi connectivity index (χ1n) is 14.7. The van der Waals surface area contributed by atoms with E-state index in [4.69, 9.17) is 26.1 Å². The molecule has 8 rings (SSSR count). The summed E-state index contributed by atoms with van der Waals surface area (Å²) in [6, 6.07) is 26.9. The quantitative estimate of drug-likeness (QED) is 0.238. The number of imidazole rings is 1. The van der Waals surface area contributed by atoms with Crippen molar-refractivity contribution >= 4 is 34.0 Å². The first kappa shape index (κ1) is 28.0. The maximum Gasteiger partial charge on any atom is 0.274 e. The third-order valence-electron chi connectivity index (χ3n) is 8.26. The van der Waals surface area contributed by atoms with Crippen molar-refractivity contribution in [2.45, 2.75) is 12.1 Å². The Morgan fingerprint density at radius 2 is 1.76 bits per heavy atom. The van der Waals surface area contributed by atoms with Crippen LogP contribution in [-0.2, 0) is 19.2 Å². The van der Waals surface area contributed by atoms with Crippen molar-refractivity contribution in [1.29, 1.82) is 0 Å². The normalized spacial score (nSPS) is 14.0. The van der Waals surface area contributed by atoms with Gasteiger partial charge in [-0.05, 0) is 63.5 Å². The maximum absolute atomic E-state index is 12.8. The molecule has 1 atom stereocenters. The van der Waals surface area contributed by atoms with Gasteiger partial charge in [0, 0.05) is 41.3 Å². The number of anilines is 1. The van der Waals surface area contributed by atoms with Gasteiger partial charge in [-0.15, -0.1) is 0 Å². The van der Waals surface area contributed by atoms with Gasteiger partial charge in [-0.25, -0.2) is 9.97 Å². The van der Waals surface area contributed by atoms with Crippen molar-refractivity contribution < 1.29 is 14.6 Å². The second-order valence-electron chi connectivity index (χ2n) is 11.1. The van der Waals surface area contributed by atoms with Crippen molar-refractivity contribution in [3.63, 3.8) is 0 Å². The predicted octanol–water partition coefficient (Wildman–Crippen LogP) is 5.39. The molecule has 1 aliphatic heterocycles. The maximum atomic E-state index is 12.8. The van der Waals surface area contributed by atoms with E-state index in [0.717, 1.165) is 39.2 Å². The second-order valence-corrected chi connectivity index (χ2v) is 11.5. The summed E-state index contributed by atoms with van der Waals surface area (Å²) in [6.07, 6.45) is 3.36. The Kier molecular flexibility index (Phi) is 6.77. The van der Waals surface area contributed by atoms with Crippen LogP contribution in [0.2, 0.25) is 5.02 Å². The summed E-state index contributed by atoms with van der Waals surface area (Å²) in [7, 11) is 1.86. The van der Waals surface area contributed by atoms with Crippen LogP contribution in [0.1, 0.15) is 22.4 Å². The second kappa shape index (κ2) is 11.1. The molecular formula is C34H27ClN8O3. The van der Waals surface area contributed by atoms with Crippen LogP contribution in [-0.4, -0.2) is 52.9 Å². The van der Waals surface area contributed by atoms with Gasteiger partial charge in [0.2, 0.25) is 0 Å². The molecule has 46 heavy (non-hydrogen) atoms. The highest BCUT2D eigenvalue weighted by molar-refractivity contribution is 6.30. The fourth-order valence-corrected chi connectivity index (χ4v) is 6.14. The molecule has 2 N–H and O–H groups in total. The summed E-state index contributed by atoms with van der Waals surface area (Å²) in [5.41, 5.74) is 4.52. The first-order valence-corrected chi connectivity index (χ1v) is 15.1. The van der Waals surface area contributed by atoms with Gasteiger partial charge in [-0.1, -0.05) is 59.2 Å². The lowest BCUT2D eigenvalue weighted by Crippen LogP contribution is -2.31. The largest absolute Gasteiger partial charge is 0.486 e. The summed E-state index contributed by atoms with van der Waals surface area (Å²) in [6.45, 7) is 1.67. The number of hydrogen-bond donors (Lipinski definition) is 2. The lowest BCUT2D eigenvalue weighted by atomic mass is 9.82. The molecule has 0 radical (unpaired) electrons. The number of ether oxygens (including phenoxy) is 2. The third-order valence-corrected chi connectivity index (χ3v) is 8.49. The fraction of sp³-hybridized carbons (Fsp3) is 0.147. The van der Waals surface area contributed by atoms with E-state index in [1.165, 1.54) is 0 Å². The molecule has 0 aliphatic carbocycles.